The summed E-state index contributed by atoms with van der Waals surface area (Å²) in [5.74, 6) is -0.928. The molecule has 0 heterocycles. The minimum absolute atomic E-state index is 0. The summed E-state index contributed by atoms with van der Waals surface area (Å²) >= 11 is 0. The van der Waals surface area contributed by atoms with E-state index in [0.717, 1.165) is 30.3 Å². The Morgan fingerprint density at radius 2 is 1.61 bits per heavy atom. The molecule has 0 aliphatic rings. The summed E-state index contributed by atoms with van der Waals surface area (Å²) in [7, 11) is -8.92. The Balaban J connectivity index is 0.00000408. The van der Waals surface area contributed by atoms with Crippen LogP contribution in [-0.2, 0) is 31.6 Å². The average Bonchev–Trinajstić information content (AvgIpc) is 2.72. The third-order valence-corrected chi connectivity index (χ3v) is 6.28. The van der Waals surface area contributed by atoms with Gasteiger partial charge in [0.15, 0.2) is 0 Å². The van der Waals surface area contributed by atoms with Gasteiger partial charge in [-0.1, -0.05) is 11.5 Å². The maximum absolute atomic E-state index is 12.8. The standard InChI is InChI=1S/C19H15N2O10S2.3Na/c1-31-10-12-6-5-11(9-15(12)21(23)24)19(22)20-14-7-8-16(32(25,26)27)13-3-2-4-17(18(13)14)33(28,29)30;;;/h3-9H,10H2,1H3,(H,20,22)(H,25,26,27)(H,28,29,30);;;/q-1;3*+1/p-2. The Bertz CT molecular complexity index is 1510. The molecule has 0 aromatic heterocycles. The molecule has 0 fully saturated rings. The van der Waals surface area contributed by atoms with Crippen LogP contribution in [0.4, 0.5) is 11.4 Å². The van der Waals surface area contributed by atoms with Crippen molar-refractivity contribution in [3.8, 4) is 0 Å². The van der Waals surface area contributed by atoms with Gasteiger partial charge >= 0.3 is 88.7 Å². The number of hydrogen-bond acceptors (Lipinski definition) is 10. The normalized spacial score (nSPS) is 11.0. The SMILES string of the molecule is COCc1ccc(C(=O)Nc2ccc(S(=O)(=O)[O-])c3c[c-]cc(S(=O)(=O)[O-])c23)cc1[N+](=O)[O-].[Na+].[Na+].[Na+]. The van der Waals surface area contributed by atoms with Crippen molar-refractivity contribution in [1.29, 1.82) is 0 Å². The van der Waals surface area contributed by atoms with E-state index < -0.39 is 57.3 Å². The Kier molecular flexibility index (Phi) is 13.9. The predicted molar refractivity (Wildman–Crippen MR) is 110 cm³/mol. The molecule has 0 saturated heterocycles. The second-order valence-electron chi connectivity index (χ2n) is 6.62. The minimum Gasteiger partial charge on any atom is -0.754 e. The zero-order valence-electron chi connectivity index (χ0n) is 19.6. The maximum atomic E-state index is 12.8. The van der Waals surface area contributed by atoms with Gasteiger partial charge < -0.3 is 19.2 Å². The first-order chi connectivity index (χ1) is 15.3. The van der Waals surface area contributed by atoms with Gasteiger partial charge in [0.2, 0.25) is 0 Å². The van der Waals surface area contributed by atoms with E-state index in [1.54, 1.807) is 0 Å². The molecule has 1 N–H and O–H groups in total. The number of anilines is 1. The fourth-order valence-corrected chi connectivity index (χ4v) is 4.50. The number of hydrogen-bond donors (Lipinski definition) is 1. The number of fused-ring (bicyclic) bond motifs is 1. The van der Waals surface area contributed by atoms with E-state index in [0.29, 0.717) is 0 Å². The number of benzene rings is 3. The van der Waals surface area contributed by atoms with Crippen molar-refractivity contribution >= 4 is 48.3 Å². The van der Waals surface area contributed by atoms with Gasteiger partial charge in [0, 0.05) is 29.3 Å². The number of nitrogens with one attached hydrogen (secondary N) is 1. The van der Waals surface area contributed by atoms with Crippen LogP contribution in [0.15, 0.2) is 52.3 Å². The second-order valence-corrected chi connectivity index (χ2v) is 9.31. The zero-order valence-corrected chi connectivity index (χ0v) is 27.2. The molecule has 174 valence electrons. The maximum Gasteiger partial charge on any atom is 1.00 e. The molecule has 0 spiro atoms. The van der Waals surface area contributed by atoms with Crippen molar-refractivity contribution in [2.24, 2.45) is 0 Å². The van der Waals surface area contributed by atoms with Crippen molar-refractivity contribution in [3.05, 3.63) is 69.8 Å². The van der Waals surface area contributed by atoms with Crippen molar-refractivity contribution in [1.82, 2.24) is 0 Å². The Hall–Kier alpha value is -0.430. The summed E-state index contributed by atoms with van der Waals surface area (Å²) in [5, 5.41) is 12.7. The fraction of sp³-hybridized carbons (Fsp3) is 0.105. The van der Waals surface area contributed by atoms with Crippen LogP contribution in [0.3, 0.4) is 0 Å². The Labute approximate surface area is 272 Å². The summed E-state index contributed by atoms with van der Waals surface area (Å²) in [4.78, 5) is 21.6. The smallest absolute Gasteiger partial charge is 0.754 e. The first-order valence-electron chi connectivity index (χ1n) is 8.81. The van der Waals surface area contributed by atoms with E-state index in [1.807, 2.05) is 0 Å². The van der Waals surface area contributed by atoms with Crippen LogP contribution in [0.1, 0.15) is 15.9 Å². The van der Waals surface area contributed by atoms with Crippen LogP contribution < -0.4 is 94.0 Å². The van der Waals surface area contributed by atoms with E-state index in [1.165, 1.54) is 19.2 Å². The Morgan fingerprint density at radius 3 is 2.14 bits per heavy atom. The predicted octanol–water partition coefficient (Wildman–Crippen LogP) is -7.23. The van der Waals surface area contributed by atoms with Gasteiger partial charge in [-0.2, -0.15) is 18.2 Å². The molecule has 0 bridgehead atoms. The molecule has 12 nitrogen and oxygen atoms in total. The van der Waals surface area contributed by atoms with Gasteiger partial charge in [0.25, 0.3) is 11.6 Å². The summed E-state index contributed by atoms with van der Waals surface area (Å²) in [5.41, 5.74) is -0.706. The van der Waals surface area contributed by atoms with E-state index in [-0.39, 0.29) is 112 Å². The monoisotopic (exact) mass is 562 g/mol. The summed E-state index contributed by atoms with van der Waals surface area (Å²) in [6, 6.07) is 9.34. The van der Waals surface area contributed by atoms with Gasteiger partial charge in [0.1, 0.15) is 10.1 Å². The quantitative estimate of drug-likeness (QED) is 0.0950. The summed E-state index contributed by atoms with van der Waals surface area (Å²) in [6.45, 7) is -0.0881. The van der Waals surface area contributed by atoms with Gasteiger partial charge in [-0.25, -0.2) is 8.42 Å². The largest absolute Gasteiger partial charge is 1.00 e. The molecule has 0 aliphatic carbocycles. The van der Waals surface area contributed by atoms with Crippen LogP contribution in [0, 0.1) is 16.2 Å². The van der Waals surface area contributed by atoms with E-state index in [2.05, 4.69) is 11.4 Å². The van der Waals surface area contributed by atoms with Crippen LogP contribution in [0.5, 0.6) is 0 Å². The molecule has 3 aromatic carbocycles. The molecule has 17 heteroatoms. The van der Waals surface area contributed by atoms with Gasteiger partial charge in [-0.05, 0) is 23.1 Å². The van der Waals surface area contributed by atoms with E-state index in [4.69, 9.17) is 4.74 Å². The number of nitro benzene ring substituents is 1. The van der Waals surface area contributed by atoms with Crippen molar-refractivity contribution in [2.45, 2.75) is 16.4 Å². The summed E-state index contributed by atoms with van der Waals surface area (Å²) in [6.07, 6.45) is 0. The molecule has 0 aliphatic heterocycles. The number of nitro groups is 1. The molecule has 3 rings (SSSR count). The van der Waals surface area contributed by atoms with Crippen LogP contribution in [0.2, 0.25) is 0 Å². The van der Waals surface area contributed by atoms with Crippen LogP contribution in [0.25, 0.3) is 10.8 Å². The molecule has 0 unspecified atom stereocenters. The molecule has 36 heavy (non-hydrogen) atoms. The molecule has 3 aromatic rings. The van der Waals surface area contributed by atoms with E-state index in [9.17, 15) is 40.8 Å². The van der Waals surface area contributed by atoms with Gasteiger partial charge in [-0.15, -0.1) is 5.39 Å². The van der Waals surface area contributed by atoms with Crippen molar-refractivity contribution < 1.29 is 129 Å². The number of carbonyl (C=O) groups excluding carboxylic acids is 1. The number of rotatable bonds is 7. The average molecular weight is 562 g/mol. The van der Waals surface area contributed by atoms with Crippen LogP contribution >= 0.6 is 0 Å². The molecule has 1 amide bonds. The Morgan fingerprint density at radius 1 is 1.00 bits per heavy atom. The molecule has 0 saturated carbocycles. The second kappa shape index (κ2) is 14.1. The van der Waals surface area contributed by atoms with Gasteiger partial charge in [-0.3, -0.25) is 23.3 Å². The molecule has 0 radical (unpaired) electrons. The third-order valence-electron chi connectivity index (χ3n) is 4.52. The molecular weight excluding hydrogens is 549 g/mol. The third kappa shape index (κ3) is 8.04. The number of nitrogens with zero attached hydrogens (tertiary/aromatic N) is 1. The van der Waals surface area contributed by atoms with Crippen molar-refractivity contribution in [3.63, 3.8) is 0 Å². The molecule has 0 atom stereocenters. The first kappa shape index (κ1) is 35.6. The van der Waals surface area contributed by atoms with Crippen LogP contribution in [-0.4, -0.2) is 43.9 Å². The van der Waals surface area contributed by atoms with Gasteiger partial charge in [0.05, 0.1) is 27.2 Å². The van der Waals surface area contributed by atoms with E-state index >= 15 is 0 Å². The summed E-state index contributed by atoms with van der Waals surface area (Å²) < 4.78 is 74.8. The first-order valence-corrected chi connectivity index (χ1v) is 11.6. The number of amides is 1. The number of ether oxygens (including phenoxy) is 1. The topological polar surface area (TPSA) is 196 Å². The fourth-order valence-electron chi connectivity index (χ4n) is 3.15. The number of methoxy groups -OCH3 is 1. The molecular formula is C19H13N2Na3O10S2. The zero-order chi connectivity index (χ0) is 24.6. The van der Waals surface area contributed by atoms with Crippen molar-refractivity contribution in [2.75, 3.05) is 12.4 Å². The minimum atomic E-state index is -5.18. The number of carbonyl (C=O) groups is 1.